The quantitative estimate of drug-likeness (QED) is 0.603. The minimum atomic E-state index is 0.618. The summed E-state index contributed by atoms with van der Waals surface area (Å²) in [6, 6.07) is 7.33. The summed E-state index contributed by atoms with van der Waals surface area (Å²) in [5.74, 6) is 0. The van der Waals surface area contributed by atoms with Crippen molar-refractivity contribution in [2.45, 2.75) is 0 Å². The van der Waals surface area contributed by atoms with Crippen molar-refractivity contribution < 1.29 is 0 Å². The van der Waals surface area contributed by atoms with Gasteiger partial charge >= 0.3 is 0 Å². The lowest BCUT2D eigenvalue weighted by Gasteiger charge is -1.95. The van der Waals surface area contributed by atoms with Crippen molar-refractivity contribution in [3.8, 4) is 0 Å². The van der Waals surface area contributed by atoms with Crippen LogP contribution in [-0.2, 0) is 0 Å². The number of azo groups is 1. The van der Waals surface area contributed by atoms with E-state index in [0.717, 1.165) is 0 Å². The lowest BCUT2D eigenvalue weighted by atomic mass is 10.3. The van der Waals surface area contributed by atoms with Crippen LogP contribution in [0, 0.1) is 0 Å². The second-order valence-electron chi connectivity index (χ2n) is 2.57. The predicted octanol–water partition coefficient (Wildman–Crippen LogP) is 3.14. The number of benzene rings is 1. The summed E-state index contributed by atoms with van der Waals surface area (Å²) >= 11 is 1.44. The summed E-state index contributed by atoms with van der Waals surface area (Å²) in [4.78, 5) is 3.98. The van der Waals surface area contributed by atoms with E-state index in [1.54, 1.807) is 12.3 Å². The van der Waals surface area contributed by atoms with Gasteiger partial charge in [-0.15, -0.1) is 21.6 Å². The molecule has 0 aliphatic rings. The zero-order chi connectivity index (χ0) is 9.80. The van der Waals surface area contributed by atoms with Gasteiger partial charge in [0.15, 0.2) is 0 Å². The number of nitrogens with two attached hydrogens (primary N) is 1. The van der Waals surface area contributed by atoms with Gasteiger partial charge in [-0.1, -0.05) is 12.1 Å². The molecule has 70 valence electrons. The maximum Gasteiger partial charge on any atom is 0.229 e. The highest BCUT2D eigenvalue weighted by Gasteiger charge is 1.95. The smallest absolute Gasteiger partial charge is 0.229 e. The normalized spacial score (nSPS) is 10.9. The lowest BCUT2D eigenvalue weighted by molar-refractivity contribution is 1.20. The van der Waals surface area contributed by atoms with E-state index >= 15 is 0 Å². The Hall–Kier alpha value is -1.75. The molecule has 0 saturated heterocycles. The lowest BCUT2D eigenvalue weighted by Crippen LogP contribution is -1.82. The number of anilines is 1. The van der Waals surface area contributed by atoms with Crippen LogP contribution in [0.15, 0.2) is 46.1 Å². The van der Waals surface area contributed by atoms with E-state index in [4.69, 9.17) is 5.73 Å². The molecule has 0 amide bonds. The number of nitrogens with zero attached hydrogens (tertiary/aromatic N) is 3. The summed E-state index contributed by atoms with van der Waals surface area (Å²) in [6.07, 6.45) is 1.69. The van der Waals surface area contributed by atoms with Gasteiger partial charge in [0.25, 0.3) is 0 Å². The maximum absolute atomic E-state index is 5.69. The van der Waals surface area contributed by atoms with E-state index in [-0.39, 0.29) is 0 Å². The van der Waals surface area contributed by atoms with E-state index in [9.17, 15) is 0 Å². The first-order valence-corrected chi connectivity index (χ1v) is 4.90. The van der Waals surface area contributed by atoms with Gasteiger partial charge in [-0.05, 0) is 12.1 Å². The van der Waals surface area contributed by atoms with Gasteiger partial charge in [-0.2, -0.15) is 0 Å². The molecule has 4 nitrogen and oxygen atoms in total. The molecule has 2 N–H and O–H groups in total. The topological polar surface area (TPSA) is 63.6 Å². The Kier molecular flexibility index (Phi) is 2.51. The number of para-hydroxylation sites is 1. The minimum absolute atomic E-state index is 0.618. The van der Waals surface area contributed by atoms with Crippen LogP contribution in [-0.4, -0.2) is 4.98 Å². The molecule has 0 bridgehead atoms. The molecule has 0 atom stereocenters. The number of nitrogen functional groups attached to an aromatic ring is 1. The Bertz CT molecular complexity index is 436. The zero-order valence-electron chi connectivity index (χ0n) is 7.29. The van der Waals surface area contributed by atoms with Crippen LogP contribution in [0.2, 0.25) is 0 Å². The molecule has 0 aliphatic heterocycles. The first-order chi connectivity index (χ1) is 6.86. The van der Waals surface area contributed by atoms with Crippen molar-refractivity contribution in [1.82, 2.24) is 4.98 Å². The van der Waals surface area contributed by atoms with E-state index < -0.39 is 0 Å². The average Bonchev–Trinajstić information content (AvgIpc) is 2.69. The Morgan fingerprint density at radius 2 is 2.07 bits per heavy atom. The largest absolute Gasteiger partial charge is 0.397 e. The molecule has 0 unspecified atom stereocenters. The van der Waals surface area contributed by atoms with Crippen LogP contribution in [0.25, 0.3) is 0 Å². The molecule has 0 aliphatic carbocycles. The van der Waals surface area contributed by atoms with Crippen LogP contribution >= 0.6 is 11.3 Å². The van der Waals surface area contributed by atoms with Gasteiger partial charge in [0.1, 0.15) is 5.69 Å². The van der Waals surface area contributed by atoms with E-state index in [2.05, 4.69) is 15.2 Å². The standard InChI is InChI=1S/C9H8N4S/c10-7-3-1-2-4-8(7)12-13-9-11-5-6-14-9/h1-6H,10H2. The molecule has 5 heteroatoms. The fourth-order valence-electron chi connectivity index (χ4n) is 0.941. The van der Waals surface area contributed by atoms with Crippen molar-refractivity contribution in [2.24, 2.45) is 10.2 Å². The molecule has 2 aromatic rings. The van der Waals surface area contributed by atoms with Gasteiger partial charge in [0.05, 0.1) is 5.69 Å². The van der Waals surface area contributed by atoms with Crippen LogP contribution in [0.5, 0.6) is 0 Å². The summed E-state index contributed by atoms with van der Waals surface area (Å²) in [7, 11) is 0. The molecule has 1 heterocycles. The highest BCUT2D eigenvalue weighted by molar-refractivity contribution is 7.13. The molecule has 14 heavy (non-hydrogen) atoms. The summed E-state index contributed by atoms with van der Waals surface area (Å²) in [5, 5.41) is 10.4. The Morgan fingerprint density at radius 1 is 1.21 bits per heavy atom. The molecule has 1 aromatic heterocycles. The van der Waals surface area contributed by atoms with Crippen LogP contribution in [0.3, 0.4) is 0 Å². The predicted molar refractivity (Wildman–Crippen MR) is 57.1 cm³/mol. The van der Waals surface area contributed by atoms with Crippen molar-refractivity contribution in [2.75, 3.05) is 5.73 Å². The average molecular weight is 204 g/mol. The second kappa shape index (κ2) is 3.97. The van der Waals surface area contributed by atoms with Crippen LogP contribution < -0.4 is 5.73 Å². The van der Waals surface area contributed by atoms with Crippen LogP contribution in [0.4, 0.5) is 16.5 Å². The summed E-state index contributed by atoms with van der Waals surface area (Å²) in [5.41, 5.74) is 6.98. The molecule has 0 saturated carbocycles. The minimum Gasteiger partial charge on any atom is -0.397 e. The second-order valence-corrected chi connectivity index (χ2v) is 3.45. The van der Waals surface area contributed by atoms with Crippen molar-refractivity contribution >= 4 is 27.8 Å². The van der Waals surface area contributed by atoms with E-state index in [1.807, 2.05) is 23.6 Å². The number of hydrogen-bond donors (Lipinski definition) is 1. The number of rotatable bonds is 2. The highest BCUT2D eigenvalue weighted by atomic mass is 32.1. The van der Waals surface area contributed by atoms with Gasteiger partial charge in [0.2, 0.25) is 5.13 Å². The number of hydrogen-bond acceptors (Lipinski definition) is 5. The first-order valence-electron chi connectivity index (χ1n) is 4.02. The zero-order valence-corrected chi connectivity index (χ0v) is 8.11. The maximum atomic E-state index is 5.69. The third kappa shape index (κ3) is 1.94. The third-order valence-corrected chi connectivity index (χ3v) is 2.25. The SMILES string of the molecule is Nc1ccccc1N=Nc1nccs1. The Labute approximate surface area is 85.1 Å². The molecule has 1 aromatic carbocycles. The van der Waals surface area contributed by atoms with Gasteiger partial charge in [-0.3, -0.25) is 0 Å². The first kappa shape index (κ1) is 8.83. The Morgan fingerprint density at radius 3 is 2.79 bits per heavy atom. The molecule has 0 fully saturated rings. The molecule has 2 rings (SSSR count). The van der Waals surface area contributed by atoms with Crippen molar-refractivity contribution in [1.29, 1.82) is 0 Å². The van der Waals surface area contributed by atoms with Crippen LogP contribution in [0.1, 0.15) is 0 Å². The molecule has 0 spiro atoms. The molecule has 0 radical (unpaired) electrons. The monoisotopic (exact) mass is 204 g/mol. The number of aromatic nitrogens is 1. The van der Waals surface area contributed by atoms with Crippen molar-refractivity contribution in [3.05, 3.63) is 35.8 Å². The Balaban J connectivity index is 2.23. The van der Waals surface area contributed by atoms with E-state index in [0.29, 0.717) is 16.5 Å². The van der Waals surface area contributed by atoms with Crippen molar-refractivity contribution in [3.63, 3.8) is 0 Å². The van der Waals surface area contributed by atoms with Gasteiger partial charge < -0.3 is 5.73 Å². The summed E-state index contributed by atoms with van der Waals surface area (Å²) in [6.45, 7) is 0. The fourth-order valence-corrected chi connectivity index (χ4v) is 1.39. The van der Waals surface area contributed by atoms with Gasteiger partial charge in [-0.25, -0.2) is 4.98 Å². The number of thiazole rings is 1. The fraction of sp³-hybridized carbons (Fsp3) is 0. The van der Waals surface area contributed by atoms with Gasteiger partial charge in [0, 0.05) is 11.6 Å². The highest BCUT2D eigenvalue weighted by Crippen LogP contribution is 2.24. The summed E-state index contributed by atoms with van der Waals surface area (Å²) < 4.78 is 0. The van der Waals surface area contributed by atoms with E-state index in [1.165, 1.54) is 11.3 Å². The third-order valence-electron chi connectivity index (χ3n) is 1.60. The molecular formula is C9H8N4S. The molecular weight excluding hydrogens is 196 g/mol.